The van der Waals surface area contributed by atoms with Gasteiger partial charge in [-0.25, -0.2) is 22.4 Å². The quantitative estimate of drug-likeness (QED) is 0.303. The van der Waals surface area contributed by atoms with Gasteiger partial charge < -0.3 is 10.0 Å². The third-order valence-electron chi connectivity index (χ3n) is 7.85. The van der Waals surface area contributed by atoms with Crippen LogP contribution in [0.15, 0.2) is 60.7 Å². The van der Waals surface area contributed by atoms with E-state index in [1.54, 1.807) is 18.2 Å². The van der Waals surface area contributed by atoms with Crippen LogP contribution >= 0.6 is 0 Å². The van der Waals surface area contributed by atoms with Gasteiger partial charge in [0.2, 0.25) is 6.43 Å². The van der Waals surface area contributed by atoms with E-state index in [0.717, 1.165) is 65.4 Å². The van der Waals surface area contributed by atoms with E-state index >= 15 is 4.39 Å². The standard InChI is InChI=1S/C32H31F4NO2/c33-25-9-11-27(29(34)18-25)28-3-1-2-23-17-24(32(38)39)8-10-26(23)31(28)22-6-4-20(5-7-22)16-21-12-14-37(19-21)15-13-30(35)36/h4-11,17-18,21,30H,1-3,12-16,19H2,(H,38,39). The molecule has 2 aliphatic rings. The number of carboxylic acids is 1. The Labute approximate surface area is 225 Å². The minimum absolute atomic E-state index is 0.0943. The van der Waals surface area contributed by atoms with Crippen molar-refractivity contribution in [1.29, 1.82) is 0 Å². The Morgan fingerprint density at radius 3 is 2.46 bits per heavy atom. The van der Waals surface area contributed by atoms with Crippen molar-refractivity contribution in [2.24, 2.45) is 5.92 Å². The Morgan fingerprint density at radius 1 is 0.974 bits per heavy atom. The van der Waals surface area contributed by atoms with Crippen molar-refractivity contribution in [3.8, 4) is 0 Å². The maximum Gasteiger partial charge on any atom is 0.335 e. The average molecular weight is 538 g/mol. The molecule has 7 heteroatoms. The van der Waals surface area contributed by atoms with Crippen molar-refractivity contribution in [3.63, 3.8) is 0 Å². The molecule has 1 heterocycles. The topological polar surface area (TPSA) is 40.5 Å². The lowest BCUT2D eigenvalue weighted by atomic mass is 9.86. The number of rotatable bonds is 8. The predicted molar refractivity (Wildman–Crippen MR) is 144 cm³/mol. The van der Waals surface area contributed by atoms with Crippen LogP contribution in [0.3, 0.4) is 0 Å². The maximum atomic E-state index is 15.0. The van der Waals surface area contributed by atoms with Crippen LogP contribution in [0.25, 0.3) is 11.1 Å². The second-order valence-corrected chi connectivity index (χ2v) is 10.5. The van der Waals surface area contributed by atoms with E-state index in [2.05, 4.69) is 17.0 Å². The minimum Gasteiger partial charge on any atom is -0.478 e. The number of carboxylic acid groups (broad SMARTS) is 1. The van der Waals surface area contributed by atoms with Gasteiger partial charge in [-0.05, 0) is 102 Å². The largest absolute Gasteiger partial charge is 0.478 e. The molecule has 0 saturated carbocycles. The zero-order chi connectivity index (χ0) is 27.5. The summed E-state index contributed by atoms with van der Waals surface area (Å²) in [5.41, 5.74) is 5.93. The molecule has 1 N–H and O–H groups in total. The number of likely N-dealkylation sites (tertiary alicyclic amines) is 1. The molecule has 0 aromatic heterocycles. The summed E-state index contributed by atoms with van der Waals surface area (Å²) >= 11 is 0. The molecule has 39 heavy (non-hydrogen) atoms. The van der Waals surface area contributed by atoms with Crippen LogP contribution in [0, 0.1) is 17.6 Å². The van der Waals surface area contributed by atoms with Crippen LogP contribution in [0.1, 0.15) is 63.9 Å². The Hall–Kier alpha value is -3.45. The minimum atomic E-state index is -2.27. The summed E-state index contributed by atoms with van der Waals surface area (Å²) in [5.74, 6) is -1.85. The third-order valence-corrected chi connectivity index (χ3v) is 7.85. The molecule has 1 saturated heterocycles. The molecule has 5 rings (SSSR count). The lowest BCUT2D eigenvalue weighted by Crippen LogP contribution is -2.23. The van der Waals surface area contributed by atoms with Crippen LogP contribution in [0.4, 0.5) is 17.6 Å². The van der Waals surface area contributed by atoms with Crippen LogP contribution in [-0.4, -0.2) is 42.0 Å². The smallest absolute Gasteiger partial charge is 0.335 e. The molecule has 3 aromatic rings. The maximum absolute atomic E-state index is 15.0. The highest BCUT2D eigenvalue weighted by molar-refractivity contribution is 6.00. The van der Waals surface area contributed by atoms with Gasteiger partial charge in [0.1, 0.15) is 11.6 Å². The van der Waals surface area contributed by atoms with Crippen molar-refractivity contribution >= 4 is 17.1 Å². The molecule has 3 nitrogen and oxygen atoms in total. The fourth-order valence-electron chi connectivity index (χ4n) is 5.96. The number of carbonyl (C=O) groups is 1. The van der Waals surface area contributed by atoms with Gasteiger partial charge >= 0.3 is 5.97 Å². The van der Waals surface area contributed by atoms with Crippen LogP contribution in [0.5, 0.6) is 0 Å². The van der Waals surface area contributed by atoms with E-state index < -0.39 is 24.0 Å². The molecular formula is C32H31F4NO2. The molecule has 0 amide bonds. The van der Waals surface area contributed by atoms with E-state index in [1.165, 1.54) is 12.1 Å². The van der Waals surface area contributed by atoms with E-state index in [9.17, 15) is 23.1 Å². The first-order valence-electron chi connectivity index (χ1n) is 13.4. The van der Waals surface area contributed by atoms with E-state index in [4.69, 9.17) is 0 Å². The molecular weight excluding hydrogens is 506 g/mol. The molecule has 0 bridgehead atoms. The molecule has 1 aliphatic carbocycles. The van der Waals surface area contributed by atoms with Crippen molar-refractivity contribution in [2.45, 2.75) is 45.0 Å². The predicted octanol–water partition coefficient (Wildman–Crippen LogP) is 7.48. The number of benzene rings is 3. The van der Waals surface area contributed by atoms with Gasteiger partial charge in [-0.15, -0.1) is 0 Å². The van der Waals surface area contributed by atoms with E-state index in [1.807, 2.05) is 12.1 Å². The lowest BCUT2D eigenvalue weighted by molar-refractivity contribution is 0.0696. The lowest BCUT2D eigenvalue weighted by Gasteiger charge is -2.18. The van der Waals surface area contributed by atoms with Gasteiger partial charge in [0.15, 0.2) is 0 Å². The van der Waals surface area contributed by atoms with Crippen molar-refractivity contribution in [2.75, 3.05) is 19.6 Å². The number of aromatic carboxylic acids is 1. The molecule has 204 valence electrons. The number of alkyl halides is 2. The summed E-state index contributed by atoms with van der Waals surface area (Å²) in [7, 11) is 0. The number of hydrogen-bond donors (Lipinski definition) is 1. The van der Waals surface area contributed by atoms with Gasteiger partial charge in [-0.3, -0.25) is 0 Å². The normalized spacial score (nSPS) is 17.9. The summed E-state index contributed by atoms with van der Waals surface area (Å²) in [6, 6.07) is 16.8. The van der Waals surface area contributed by atoms with Gasteiger partial charge in [-0.1, -0.05) is 30.3 Å². The average Bonchev–Trinajstić information content (AvgIpc) is 3.26. The first-order chi connectivity index (χ1) is 18.8. The van der Waals surface area contributed by atoms with Gasteiger partial charge in [-0.2, -0.15) is 0 Å². The molecule has 3 aromatic carbocycles. The van der Waals surface area contributed by atoms with E-state index in [0.29, 0.717) is 37.3 Å². The van der Waals surface area contributed by atoms with Gasteiger partial charge in [0.05, 0.1) is 5.56 Å². The zero-order valence-electron chi connectivity index (χ0n) is 21.6. The highest BCUT2D eigenvalue weighted by Crippen LogP contribution is 2.41. The first kappa shape index (κ1) is 27.1. The van der Waals surface area contributed by atoms with Crippen LogP contribution in [0.2, 0.25) is 0 Å². The Morgan fingerprint density at radius 2 is 1.74 bits per heavy atom. The summed E-state index contributed by atoms with van der Waals surface area (Å²) in [6.07, 6.45) is 1.37. The summed E-state index contributed by atoms with van der Waals surface area (Å²) in [6.45, 7) is 2.07. The molecule has 1 aliphatic heterocycles. The summed E-state index contributed by atoms with van der Waals surface area (Å²) in [5, 5.41) is 9.52. The van der Waals surface area contributed by atoms with Gasteiger partial charge in [0.25, 0.3) is 0 Å². The number of aryl methyl sites for hydroxylation is 1. The van der Waals surface area contributed by atoms with Crippen LogP contribution < -0.4 is 0 Å². The second kappa shape index (κ2) is 11.7. The monoisotopic (exact) mass is 537 g/mol. The molecule has 1 fully saturated rings. The third kappa shape index (κ3) is 6.25. The number of halogens is 4. The zero-order valence-corrected chi connectivity index (χ0v) is 21.6. The number of nitrogens with zero attached hydrogens (tertiary/aromatic N) is 1. The SMILES string of the molecule is O=C(O)c1ccc2c(c1)CCCC(c1ccc(F)cc1F)=C2c1ccc(CC2CCN(CCC(F)F)C2)cc1. The number of allylic oxidation sites excluding steroid dienone is 1. The van der Waals surface area contributed by atoms with E-state index in [-0.39, 0.29) is 12.0 Å². The Bertz CT molecular complexity index is 1380. The molecule has 1 atom stereocenters. The molecule has 0 radical (unpaired) electrons. The van der Waals surface area contributed by atoms with Crippen LogP contribution in [-0.2, 0) is 12.8 Å². The summed E-state index contributed by atoms with van der Waals surface area (Å²) in [4.78, 5) is 13.7. The highest BCUT2D eigenvalue weighted by atomic mass is 19.3. The fourth-order valence-corrected chi connectivity index (χ4v) is 5.96. The second-order valence-electron chi connectivity index (χ2n) is 10.5. The van der Waals surface area contributed by atoms with Gasteiger partial charge in [0, 0.05) is 31.1 Å². The van der Waals surface area contributed by atoms with Crippen molar-refractivity contribution in [3.05, 3.63) is 106 Å². The molecule has 0 spiro atoms. The number of hydrogen-bond acceptors (Lipinski definition) is 2. The fraction of sp³-hybridized carbons (Fsp3) is 0.344. The Balaban J connectivity index is 1.48. The summed E-state index contributed by atoms with van der Waals surface area (Å²) < 4.78 is 53.9. The number of fused-ring (bicyclic) bond motifs is 1. The van der Waals surface area contributed by atoms with Crippen molar-refractivity contribution in [1.82, 2.24) is 4.90 Å². The first-order valence-corrected chi connectivity index (χ1v) is 13.4. The molecule has 1 unspecified atom stereocenters. The highest BCUT2D eigenvalue weighted by Gasteiger charge is 2.25. The Kier molecular flexibility index (Phi) is 8.17. The van der Waals surface area contributed by atoms with Crippen molar-refractivity contribution < 1.29 is 27.5 Å².